The first kappa shape index (κ1) is 13.6. The minimum Gasteiger partial charge on any atom is -0.480 e. The van der Waals surface area contributed by atoms with E-state index in [-0.39, 0.29) is 5.91 Å². The van der Waals surface area contributed by atoms with E-state index in [4.69, 9.17) is 9.84 Å². The Hall–Kier alpha value is -1.82. The van der Waals surface area contributed by atoms with Gasteiger partial charge in [0.15, 0.2) is 0 Å². The van der Waals surface area contributed by atoms with Crippen molar-refractivity contribution in [3.05, 3.63) is 24.0 Å². The molecule has 1 aromatic heterocycles. The summed E-state index contributed by atoms with van der Waals surface area (Å²) in [6, 6.07) is 2.81. The van der Waals surface area contributed by atoms with E-state index in [0.717, 1.165) is 6.42 Å². The smallest absolute Gasteiger partial charge is 0.326 e. The lowest BCUT2D eigenvalue weighted by Crippen LogP contribution is -2.41. The van der Waals surface area contributed by atoms with Crippen molar-refractivity contribution in [1.82, 2.24) is 9.47 Å². The van der Waals surface area contributed by atoms with Crippen LogP contribution in [0.4, 0.5) is 0 Å². The number of amides is 1. The van der Waals surface area contributed by atoms with E-state index in [1.165, 1.54) is 4.90 Å². The van der Waals surface area contributed by atoms with Gasteiger partial charge in [-0.05, 0) is 25.0 Å². The van der Waals surface area contributed by atoms with Crippen molar-refractivity contribution >= 4 is 11.9 Å². The second-order valence-electron chi connectivity index (χ2n) is 4.57. The van der Waals surface area contributed by atoms with Crippen LogP contribution >= 0.6 is 0 Å². The molecule has 0 saturated carbocycles. The molecule has 0 bridgehead atoms. The number of aromatic nitrogens is 1. The molecule has 6 nitrogen and oxygen atoms in total. The third-order valence-electron chi connectivity index (χ3n) is 3.38. The minimum atomic E-state index is -0.930. The fourth-order valence-corrected chi connectivity index (χ4v) is 2.41. The Morgan fingerprint density at radius 3 is 3.00 bits per heavy atom. The number of carbonyl (C=O) groups excluding carboxylic acids is 1. The molecule has 0 radical (unpaired) electrons. The maximum absolute atomic E-state index is 12.4. The number of ether oxygens (including phenoxy) is 1. The van der Waals surface area contributed by atoms with Gasteiger partial charge in [0.1, 0.15) is 11.7 Å². The molecule has 1 amide bonds. The largest absolute Gasteiger partial charge is 0.480 e. The zero-order valence-electron chi connectivity index (χ0n) is 10.9. The lowest BCUT2D eigenvalue weighted by molar-refractivity contribution is -0.141. The summed E-state index contributed by atoms with van der Waals surface area (Å²) in [7, 11) is 1.60. The third kappa shape index (κ3) is 2.78. The van der Waals surface area contributed by atoms with Gasteiger partial charge in [0.2, 0.25) is 0 Å². The summed E-state index contributed by atoms with van der Waals surface area (Å²) in [4.78, 5) is 25.0. The number of likely N-dealkylation sites (tertiary alicyclic amines) is 1. The summed E-state index contributed by atoms with van der Waals surface area (Å²) in [6.45, 7) is 1.60. The predicted octanol–water partition coefficient (Wildman–Crippen LogP) is 0.824. The van der Waals surface area contributed by atoms with E-state index in [0.29, 0.717) is 31.8 Å². The molecule has 1 fully saturated rings. The first-order valence-corrected chi connectivity index (χ1v) is 6.33. The highest BCUT2D eigenvalue weighted by Gasteiger charge is 2.35. The van der Waals surface area contributed by atoms with E-state index in [9.17, 15) is 9.59 Å². The minimum absolute atomic E-state index is 0.217. The molecule has 2 rings (SSSR count). The zero-order chi connectivity index (χ0) is 13.8. The molecular weight excluding hydrogens is 248 g/mol. The molecule has 6 heteroatoms. The molecule has 104 valence electrons. The van der Waals surface area contributed by atoms with Crippen LogP contribution in [0.1, 0.15) is 23.3 Å². The van der Waals surface area contributed by atoms with Crippen LogP contribution in [-0.2, 0) is 16.1 Å². The molecule has 1 saturated heterocycles. The number of methoxy groups -OCH3 is 1. The number of nitrogens with zero attached hydrogens (tertiary/aromatic N) is 2. The quantitative estimate of drug-likeness (QED) is 0.856. The lowest BCUT2D eigenvalue weighted by atomic mass is 10.2. The molecule has 0 spiro atoms. The summed E-state index contributed by atoms with van der Waals surface area (Å²) in [6.07, 6.45) is 3.07. The van der Waals surface area contributed by atoms with Crippen molar-refractivity contribution in [2.45, 2.75) is 25.4 Å². The SMILES string of the molecule is COCCn1cccc1C(=O)N1CCC[C@H]1C(=O)O. The highest BCUT2D eigenvalue weighted by Crippen LogP contribution is 2.20. The molecule has 1 aliphatic heterocycles. The summed E-state index contributed by atoms with van der Waals surface area (Å²) < 4.78 is 6.79. The number of carboxylic acid groups (broad SMARTS) is 1. The summed E-state index contributed by atoms with van der Waals surface area (Å²) in [5.41, 5.74) is 0.519. The predicted molar refractivity (Wildman–Crippen MR) is 68.0 cm³/mol. The Bertz CT molecular complexity index is 469. The van der Waals surface area contributed by atoms with E-state index in [2.05, 4.69) is 0 Å². The topological polar surface area (TPSA) is 71.8 Å². The average Bonchev–Trinajstić information content (AvgIpc) is 3.04. The average molecular weight is 266 g/mol. The maximum Gasteiger partial charge on any atom is 0.326 e. The summed E-state index contributed by atoms with van der Waals surface area (Å²) in [5, 5.41) is 9.12. The van der Waals surface area contributed by atoms with E-state index in [1.807, 2.05) is 0 Å². The van der Waals surface area contributed by atoms with Gasteiger partial charge >= 0.3 is 5.97 Å². The summed E-state index contributed by atoms with van der Waals surface area (Å²) >= 11 is 0. The van der Waals surface area contributed by atoms with Crippen LogP contribution in [0.5, 0.6) is 0 Å². The molecule has 1 N–H and O–H groups in total. The van der Waals surface area contributed by atoms with Gasteiger partial charge in [-0.15, -0.1) is 0 Å². The molecule has 0 unspecified atom stereocenters. The van der Waals surface area contributed by atoms with Gasteiger partial charge in [-0.3, -0.25) is 4.79 Å². The van der Waals surface area contributed by atoms with Crippen LogP contribution in [0.2, 0.25) is 0 Å². The monoisotopic (exact) mass is 266 g/mol. The van der Waals surface area contributed by atoms with E-state index >= 15 is 0 Å². The second-order valence-corrected chi connectivity index (χ2v) is 4.57. The van der Waals surface area contributed by atoms with Crippen molar-refractivity contribution in [2.24, 2.45) is 0 Å². The molecule has 1 aliphatic rings. The van der Waals surface area contributed by atoms with Gasteiger partial charge in [-0.25, -0.2) is 4.79 Å². The normalized spacial score (nSPS) is 18.8. The number of aliphatic carboxylic acids is 1. The van der Waals surface area contributed by atoms with Crippen molar-refractivity contribution in [2.75, 3.05) is 20.3 Å². The Balaban J connectivity index is 2.15. The Kier molecular flexibility index (Phi) is 4.21. The Labute approximate surface area is 111 Å². The fourth-order valence-electron chi connectivity index (χ4n) is 2.41. The first-order chi connectivity index (χ1) is 9.15. The van der Waals surface area contributed by atoms with Gasteiger partial charge in [0, 0.05) is 26.4 Å². The van der Waals surface area contributed by atoms with E-state index in [1.54, 1.807) is 30.0 Å². The van der Waals surface area contributed by atoms with Crippen LogP contribution in [-0.4, -0.2) is 52.8 Å². The Morgan fingerprint density at radius 2 is 2.32 bits per heavy atom. The number of rotatable bonds is 5. The number of hydrogen-bond acceptors (Lipinski definition) is 3. The highest BCUT2D eigenvalue weighted by molar-refractivity contribution is 5.95. The molecule has 2 heterocycles. The van der Waals surface area contributed by atoms with Crippen molar-refractivity contribution in [1.29, 1.82) is 0 Å². The highest BCUT2D eigenvalue weighted by atomic mass is 16.5. The second kappa shape index (κ2) is 5.88. The van der Waals surface area contributed by atoms with Crippen molar-refractivity contribution in [3.8, 4) is 0 Å². The van der Waals surface area contributed by atoms with Crippen LogP contribution in [0.3, 0.4) is 0 Å². The third-order valence-corrected chi connectivity index (χ3v) is 3.38. The van der Waals surface area contributed by atoms with Gasteiger partial charge in [0.25, 0.3) is 5.91 Å². The molecular formula is C13H18N2O4. The van der Waals surface area contributed by atoms with Crippen LogP contribution in [0.25, 0.3) is 0 Å². The molecule has 0 aromatic carbocycles. The van der Waals surface area contributed by atoms with E-state index < -0.39 is 12.0 Å². The fraction of sp³-hybridized carbons (Fsp3) is 0.538. The van der Waals surface area contributed by atoms with Gasteiger partial charge in [0.05, 0.1) is 6.61 Å². The van der Waals surface area contributed by atoms with Crippen LogP contribution in [0.15, 0.2) is 18.3 Å². The first-order valence-electron chi connectivity index (χ1n) is 6.33. The zero-order valence-corrected chi connectivity index (χ0v) is 10.9. The molecule has 1 atom stereocenters. The molecule has 19 heavy (non-hydrogen) atoms. The van der Waals surface area contributed by atoms with Crippen molar-refractivity contribution < 1.29 is 19.4 Å². The van der Waals surface area contributed by atoms with Gasteiger partial charge in [-0.2, -0.15) is 0 Å². The number of carboxylic acids is 1. The summed E-state index contributed by atoms with van der Waals surface area (Å²) in [5.74, 6) is -1.15. The molecule has 1 aromatic rings. The number of carbonyl (C=O) groups is 2. The maximum atomic E-state index is 12.4. The lowest BCUT2D eigenvalue weighted by Gasteiger charge is -2.22. The number of hydrogen-bond donors (Lipinski definition) is 1. The van der Waals surface area contributed by atoms with Gasteiger partial charge in [-0.1, -0.05) is 0 Å². The van der Waals surface area contributed by atoms with Gasteiger partial charge < -0.3 is 19.3 Å². The standard InChI is InChI=1S/C13H18N2O4/c1-19-9-8-14-6-2-4-10(14)12(16)15-7-3-5-11(15)13(17)18/h2,4,6,11H,3,5,7-9H2,1H3,(H,17,18)/t11-/m0/s1. The van der Waals surface area contributed by atoms with Crippen molar-refractivity contribution in [3.63, 3.8) is 0 Å². The Morgan fingerprint density at radius 1 is 1.53 bits per heavy atom. The van der Waals surface area contributed by atoms with Crippen LogP contribution < -0.4 is 0 Å². The molecule has 0 aliphatic carbocycles. The van der Waals surface area contributed by atoms with Crippen LogP contribution in [0, 0.1) is 0 Å².